The monoisotopic (exact) mass is 364 g/mol. The summed E-state index contributed by atoms with van der Waals surface area (Å²) in [4.78, 5) is 14.5. The average molecular weight is 364 g/mol. The van der Waals surface area contributed by atoms with E-state index in [4.69, 9.17) is 0 Å². The molecule has 138 valence electrons. The first-order valence-electron chi connectivity index (χ1n) is 9.05. The number of carbonyl (C=O) groups excluding carboxylic acids is 1. The smallest absolute Gasteiger partial charge is 0.322 e. The van der Waals surface area contributed by atoms with E-state index in [1.54, 1.807) is 27.9 Å². The topological polar surface area (TPSA) is 50.2 Å². The molecule has 1 N–H and O–H groups in total. The molecule has 0 saturated heterocycles. The van der Waals surface area contributed by atoms with Crippen LogP contribution >= 0.6 is 0 Å². The van der Waals surface area contributed by atoms with E-state index in [0.29, 0.717) is 13.1 Å². The maximum Gasteiger partial charge on any atom is 0.322 e. The van der Waals surface area contributed by atoms with E-state index in [9.17, 15) is 9.18 Å². The van der Waals surface area contributed by atoms with Crippen LogP contribution in [0, 0.1) is 12.7 Å². The molecule has 3 aromatic rings. The molecule has 6 heteroatoms. The first-order chi connectivity index (χ1) is 13.1. The second-order valence-corrected chi connectivity index (χ2v) is 6.77. The number of urea groups is 1. The summed E-state index contributed by atoms with van der Waals surface area (Å²) in [7, 11) is 0. The van der Waals surface area contributed by atoms with Crippen LogP contribution in [-0.2, 0) is 13.0 Å². The second-order valence-electron chi connectivity index (χ2n) is 6.77. The molecule has 2 amide bonds. The van der Waals surface area contributed by atoms with Crippen molar-refractivity contribution in [3.05, 3.63) is 77.4 Å². The Kier molecular flexibility index (Phi) is 4.62. The van der Waals surface area contributed by atoms with Gasteiger partial charge in [0.05, 0.1) is 23.3 Å². The predicted molar refractivity (Wildman–Crippen MR) is 103 cm³/mol. The summed E-state index contributed by atoms with van der Waals surface area (Å²) in [6.07, 6.45) is 3.40. The number of fused-ring (bicyclic) bond motifs is 1. The van der Waals surface area contributed by atoms with Crippen LogP contribution in [0.25, 0.3) is 5.69 Å². The van der Waals surface area contributed by atoms with E-state index in [0.717, 1.165) is 35.5 Å². The van der Waals surface area contributed by atoms with Crippen LogP contribution in [0.1, 0.15) is 23.2 Å². The molecular formula is C21H21FN4O. The lowest BCUT2D eigenvalue weighted by atomic mass is 10.1. The van der Waals surface area contributed by atoms with E-state index in [-0.39, 0.29) is 11.8 Å². The molecule has 27 heavy (non-hydrogen) atoms. The molecule has 1 aliphatic heterocycles. The van der Waals surface area contributed by atoms with Crippen molar-refractivity contribution in [3.8, 4) is 5.69 Å². The Labute approximate surface area is 157 Å². The summed E-state index contributed by atoms with van der Waals surface area (Å²) in [6, 6.07) is 14.2. The molecule has 2 heterocycles. The number of rotatable bonds is 3. The van der Waals surface area contributed by atoms with Gasteiger partial charge in [-0.05, 0) is 49.6 Å². The number of nitrogens with zero attached hydrogens (tertiary/aromatic N) is 3. The van der Waals surface area contributed by atoms with Crippen LogP contribution in [-0.4, -0.2) is 22.4 Å². The molecule has 1 aliphatic rings. The Bertz CT molecular complexity index is 965. The minimum atomic E-state index is -0.281. The zero-order valence-electron chi connectivity index (χ0n) is 15.2. The van der Waals surface area contributed by atoms with Crippen molar-refractivity contribution in [3.63, 3.8) is 0 Å². The summed E-state index contributed by atoms with van der Waals surface area (Å²) in [6.45, 7) is 3.17. The van der Waals surface area contributed by atoms with E-state index in [1.807, 2.05) is 25.1 Å². The highest BCUT2D eigenvalue weighted by atomic mass is 19.1. The Balaban J connectivity index is 1.53. The van der Waals surface area contributed by atoms with Crippen LogP contribution < -0.4 is 10.2 Å². The Morgan fingerprint density at radius 1 is 1.22 bits per heavy atom. The van der Waals surface area contributed by atoms with Gasteiger partial charge in [-0.25, -0.2) is 13.9 Å². The zero-order valence-corrected chi connectivity index (χ0v) is 15.2. The molecule has 0 bridgehead atoms. The molecule has 4 rings (SSSR count). The van der Waals surface area contributed by atoms with Crippen LogP contribution in [0.4, 0.5) is 14.9 Å². The summed E-state index contributed by atoms with van der Waals surface area (Å²) in [5, 5.41) is 7.43. The lowest BCUT2D eigenvalue weighted by Gasteiger charge is -2.27. The van der Waals surface area contributed by atoms with Crippen LogP contribution in [0.3, 0.4) is 0 Å². The number of nitrogens with one attached hydrogen (secondary N) is 1. The minimum Gasteiger partial charge on any atom is -0.334 e. The molecular weight excluding hydrogens is 343 g/mol. The standard InChI is InChI=1S/C21H21FN4O/c1-15-4-2-5-16(12-15)13-23-21(27)25-11-3-6-19-20(25)14-24-26(19)18-9-7-17(22)8-10-18/h2,4-5,7-10,12,14H,3,6,11,13H2,1H3,(H,23,27). The van der Waals surface area contributed by atoms with E-state index in [2.05, 4.69) is 16.5 Å². The predicted octanol–water partition coefficient (Wildman–Crippen LogP) is 3.98. The van der Waals surface area contributed by atoms with Crippen molar-refractivity contribution < 1.29 is 9.18 Å². The molecule has 5 nitrogen and oxygen atoms in total. The fourth-order valence-electron chi connectivity index (χ4n) is 3.46. The fourth-order valence-corrected chi connectivity index (χ4v) is 3.46. The molecule has 0 spiro atoms. The number of aryl methyl sites for hydroxylation is 1. The van der Waals surface area contributed by atoms with E-state index in [1.165, 1.54) is 17.7 Å². The maximum atomic E-state index is 13.2. The number of aromatic nitrogens is 2. The van der Waals surface area contributed by atoms with Crippen molar-refractivity contribution in [1.82, 2.24) is 15.1 Å². The van der Waals surface area contributed by atoms with Crippen LogP contribution in [0.2, 0.25) is 0 Å². The third kappa shape index (κ3) is 3.56. The van der Waals surface area contributed by atoms with Gasteiger partial charge in [0.15, 0.2) is 0 Å². The first-order valence-corrected chi connectivity index (χ1v) is 9.05. The molecule has 0 aliphatic carbocycles. The Hall–Kier alpha value is -3.15. The largest absolute Gasteiger partial charge is 0.334 e. The molecule has 0 atom stereocenters. The van der Waals surface area contributed by atoms with Gasteiger partial charge in [-0.15, -0.1) is 0 Å². The SMILES string of the molecule is Cc1cccc(CNC(=O)N2CCCc3c2cnn3-c2ccc(F)cc2)c1. The fraction of sp³-hybridized carbons (Fsp3) is 0.238. The molecule has 1 aromatic heterocycles. The van der Waals surface area contributed by atoms with Crippen molar-refractivity contribution in [2.75, 3.05) is 11.4 Å². The summed E-state index contributed by atoms with van der Waals surface area (Å²) < 4.78 is 15.0. The molecule has 0 unspecified atom stereocenters. The maximum absolute atomic E-state index is 13.2. The molecule has 2 aromatic carbocycles. The second kappa shape index (κ2) is 7.23. The highest BCUT2D eigenvalue weighted by Crippen LogP contribution is 2.29. The van der Waals surface area contributed by atoms with Crippen molar-refractivity contribution in [1.29, 1.82) is 0 Å². The van der Waals surface area contributed by atoms with Crippen LogP contribution in [0.5, 0.6) is 0 Å². The third-order valence-electron chi connectivity index (χ3n) is 4.78. The highest BCUT2D eigenvalue weighted by Gasteiger charge is 2.26. The lowest BCUT2D eigenvalue weighted by molar-refractivity contribution is 0.245. The molecule has 0 saturated carbocycles. The van der Waals surface area contributed by atoms with E-state index < -0.39 is 0 Å². The van der Waals surface area contributed by atoms with E-state index >= 15 is 0 Å². The Morgan fingerprint density at radius 3 is 2.81 bits per heavy atom. The van der Waals surface area contributed by atoms with Gasteiger partial charge in [-0.2, -0.15) is 5.10 Å². The van der Waals surface area contributed by atoms with Gasteiger partial charge in [0.2, 0.25) is 0 Å². The van der Waals surface area contributed by atoms with Gasteiger partial charge in [0.1, 0.15) is 5.82 Å². The number of carbonyl (C=O) groups is 1. The molecule has 0 radical (unpaired) electrons. The van der Waals surface area contributed by atoms with Gasteiger partial charge in [-0.3, -0.25) is 4.90 Å². The number of hydrogen-bond donors (Lipinski definition) is 1. The molecule has 0 fully saturated rings. The van der Waals surface area contributed by atoms with Gasteiger partial charge in [-0.1, -0.05) is 29.8 Å². The highest BCUT2D eigenvalue weighted by molar-refractivity contribution is 5.93. The van der Waals surface area contributed by atoms with Crippen molar-refractivity contribution >= 4 is 11.7 Å². The van der Waals surface area contributed by atoms with Gasteiger partial charge < -0.3 is 5.32 Å². The zero-order chi connectivity index (χ0) is 18.8. The van der Waals surface area contributed by atoms with Crippen molar-refractivity contribution in [2.45, 2.75) is 26.3 Å². The average Bonchev–Trinajstić information content (AvgIpc) is 3.11. The van der Waals surface area contributed by atoms with Crippen molar-refractivity contribution in [2.24, 2.45) is 0 Å². The summed E-state index contributed by atoms with van der Waals surface area (Å²) >= 11 is 0. The van der Waals surface area contributed by atoms with Gasteiger partial charge >= 0.3 is 6.03 Å². The number of amides is 2. The number of anilines is 1. The van der Waals surface area contributed by atoms with Gasteiger partial charge in [0.25, 0.3) is 0 Å². The first kappa shape index (κ1) is 17.3. The summed E-state index contributed by atoms with van der Waals surface area (Å²) in [5.74, 6) is -0.281. The third-order valence-corrected chi connectivity index (χ3v) is 4.78. The van der Waals surface area contributed by atoms with Gasteiger partial charge in [0, 0.05) is 13.1 Å². The normalized spacial score (nSPS) is 13.3. The quantitative estimate of drug-likeness (QED) is 0.764. The number of hydrogen-bond acceptors (Lipinski definition) is 2. The number of halogens is 1. The van der Waals surface area contributed by atoms with Crippen LogP contribution in [0.15, 0.2) is 54.7 Å². The summed E-state index contributed by atoms with van der Waals surface area (Å²) in [5.41, 5.74) is 4.82. The lowest BCUT2D eigenvalue weighted by Crippen LogP contribution is -2.42. The Morgan fingerprint density at radius 2 is 2.04 bits per heavy atom. The number of benzene rings is 2. The minimum absolute atomic E-state index is 0.129.